The number of sulfonamides is 1. The number of likely N-dealkylation sites (tertiary alicyclic amines) is 1. The van der Waals surface area contributed by atoms with Crippen molar-refractivity contribution in [2.45, 2.75) is 44.4 Å². The Morgan fingerprint density at radius 3 is 2.45 bits per heavy atom. The molecule has 0 unspecified atom stereocenters. The molecule has 2 aliphatic rings. The van der Waals surface area contributed by atoms with Crippen molar-refractivity contribution in [2.75, 3.05) is 33.3 Å². The predicted molar refractivity (Wildman–Crippen MR) is 129 cm³/mol. The van der Waals surface area contributed by atoms with Crippen LogP contribution in [0.2, 0.25) is 5.02 Å². The van der Waals surface area contributed by atoms with Crippen LogP contribution in [0.4, 0.5) is 0 Å². The molecule has 0 atom stereocenters. The summed E-state index contributed by atoms with van der Waals surface area (Å²) in [6, 6.07) is 11.0. The van der Waals surface area contributed by atoms with Gasteiger partial charge < -0.3 is 9.64 Å². The van der Waals surface area contributed by atoms with Crippen LogP contribution in [-0.2, 0) is 21.2 Å². The first-order chi connectivity index (χ1) is 15.6. The Balaban J connectivity index is 1.39. The van der Waals surface area contributed by atoms with E-state index in [0.717, 1.165) is 36.1 Å². The molecular weight excluding hydrogens is 460 g/mol. The average Bonchev–Trinajstić information content (AvgIpc) is 3.21. The lowest BCUT2D eigenvalue weighted by Crippen LogP contribution is -2.45. The second-order valence-electron chi connectivity index (χ2n) is 9.36. The fourth-order valence-corrected chi connectivity index (χ4v) is 7.04. The van der Waals surface area contributed by atoms with Crippen molar-refractivity contribution >= 4 is 27.5 Å². The molecule has 2 saturated heterocycles. The fourth-order valence-electron chi connectivity index (χ4n) is 4.98. The van der Waals surface area contributed by atoms with Crippen molar-refractivity contribution in [2.24, 2.45) is 5.41 Å². The highest BCUT2D eigenvalue weighted by molar-refractivity contribution is 7.89. The number of carbonyl (C=O) groups excluding carboxylic acids is 1. The molecule has 2 aromatic rings. The molecule has 0 aromatic heterocycles. The van der Waals surface area contributed by atoms with Gasteiger partial charge in [0.1, 0.15) is 5.75 Å². The van der Waals surface area contributed by atoms with Gasteiger partial charge in [-0.05, 0) is 79.5 Å². The number of ether oxygens (including phenoxy) is 1. The number of carbonyl (C=O) groups is 1. The van der Waals surface area contributed by atoms with Crippen molar-refractivity contribution in [1.29, 1.82) is 0 Å². The first-order valence-corrected chi connectivity index (χ1v) is 13.1. The van der Waals surface area contributed by atoms with Crippen molar-refractivity contribution < 1.29 is 17.9 Å². The van der Waals surface area contributed by atoms with Gasteiger partial charge in [0.2, 0.25) is 15.9 Å². The number of amides is 1. The zero-order valence-corrected chi connectivity index (χ0v) is 21.0. The van der Waals surface area contributed by atoms with Crippen LogP contribution >= 0.6 is 11.6 Å². The van der Waals surface area contributed by atoms with E-state index in [2.05, 4.69) is 0 Å². The molecule has 2 heterocycles. The summed E-state index contributed by atoms with van der Waals surface area (Å²) >= 11 is 6.17. The van der Waals surface area contributed by atoms with Gasteiger partial charge in [-0.1, -0.05) is 23.7 Å². The minimum atomic E-state index is -3.58. The standard InChI is InChI=1S/C25H31ClN2O4S/c1-18-14-23(19(2)13-22(18)26)33(30,31)28-12-9-25(17-28)7-10-27(11-8-25)24(29)16-20-5-4-6-21(15-20)32-3/h4-6,13-15H,7-12,16-17H2,1-3H3. The van der Waals surface area contributed by atoms with Gasteiger partial charge in [-0.15, -0.1) is 0 Å². The smallest absolute Gasteiger partial charge is 0.243 e. The van der Waals surface area contributed by atoms with Crippen LogP contribution in [0.25, 0.3) is 0 Å². The van der Waals surface area contributed by atoms with Gasteiger partial charge in [0.05, 0.1) is 18.4 Å². The summed E-state index contributed by atoms with van der Waals surface area (Å²) in [5.41, 5.74) is 2.31. The Hall–Kier alpha value is -2.09. The SMILES string of the molecule is COc1cccc(CC(=O)N2CCC3(CC2)CCN(S(=O)(=O)c2cc(C)c(Cl)cc2C)C3)c1. The van der Waals surface area contributed by atoms with E-state index < -0.39 is 10.0 Å². The van der Waals surface area contributed by atoms with Crippen LogP contribution in [-0.4, -0.2) is 56.8 Å². The van der Waals surface area contributed by atoms with E-state index in [-0.39, 0.29) is 11.3 Å². The molecule has 0 bridgehead atoms. The van der Waals surface area contributed by atoms with Gasteiger partial charge in [0.15, 0.2) is 0 Å². The number of hydrogen-bond acceptors (Lipinski definition) is 4. The number of halogens is 1. The predicted octanol–water partition coefficient (Wildman–Crippen LogP) is 4.21. The molecule has 0 N–H and O–H groups in total. The third kappa shape index (κ3) is 4.91. The van der Waals surface area contributed by atoms with Gasteiger partial charge >= 0.3 is 0 Å². The highest BCUT2D eigenvalue weighted by Gasteiger charge is 2.45. The monoisotopic (exact) mass is 490 g/mol. The molecule has 8 heteroatoms. The van der Waals surface area contributed by atoms with E-state index in [9.17, 15) is 13.2 Å². The van der Waals surface area contributed by atoms with Crippen molar-refractivity contribution in [1.82, 2.24) is 9.21 Å². The van der Waals surface area contributed by atoms with Crippen molar-refractivity contribution in [3.8, 4) is 5.75 Å². The summed E-state index contributed by atoms with van der Waals surface area (Å²) in [7, 11) is -1.96. The molecule has 178 valence electrons. The number of methoxy groups -OCH3 is 1. The van der Waals surface area contributed by atoms with E-state index in [0.29, 0.717) is 48.1 Å². The van der Waals surface area contributed by atoms with Crippen molar-refractivity contribution in [3.05, 3.63) is 58.1 Å². The second kappa shape index (κ2) is 9.28. The molecule has 2 fully saturated rings. The normalized spacial score (nSPS) is 18.6. The Labute approximate surface area is 201 Å². The summed E-state index contributed by atoms with van der Waals surface area (Å²) < 4.78 is 33.6. The van der Waals surface area contributed by atoms with Crippen LogP contribution in [0, 0.1) is 19.3 Å². The highest BCUT2D eigenvalue weighted by atomic mass is 35.5. The summed E-state index contributed by atoms with van der Waals surface area (Å²) in [6.45, 7) is 5.96. The molecule has 0 aliphatic carbocycles. The fraction of sp³-hybridized carbons (Fsp3) is 0.480. The van der Waals surface area contributed by atoms with Crippen LogP contribution < -0.4 is 4.74 Å². The maximum absolute atomic E-state index is 13.4. The third-order valence-corrected chi connectivity index (χ3v) is 9.54. The maximum Gasteiger partial charge on any atom is 0.243 e. The number of rotatable bonds is 5. The minimum Gasteiger partial charge on any atom is -0.497 e. The quantitative estimate of drug-likeness (QED) is 0.629. The second-order valence-corrected chi connectivity index (χ2v) is 11.7. The number of aryl methyl sites for hydroxylation is 2. The highest BCUT2D eigenvalue weighted by Crippen LogP contribution is 2.42. The Morgan fingerprint density at radius 1 is 1.06 bits per heavy atom. The molecule has 4 rings (SSSR count). The van der Waals surface area contributed by atoms with E-state index in [1.807, 2.05) is 36.1 Å². The largest absolute Gasteiger partial charge is 0.497 e. The molecule has 1 spiro atoms. The first-order valence-electron chi connectivity index (χ1n) is 11.3. The lowest BCUT2D eigenvalue weighted by Gasteiger charge is -2.39. The Kier molecular flexibility index (Phi) is 6.76. The summed E-state index contributed by atoms with van der Waals surface area (Å²) in [6.07, 6.45) is 2.82. The topological polar surface area (TPSA) is 66.9 Å². The van der Waals surface area contributed by atoms with E-state index >= 15 is 0 Å². The summed E-state index contributed by atoms with van der Waals surface area (Å²) in [5, 5.41) is 0.579. The number of nitrogens with zero attached hydrogens (tertiary/aromatic N) is 2. The molecule has 0 saturated carbocycles. The molecule has 33 heavy (non-hydrogen) atoms. The van der Waals surface area contributed by atoms with E-state index in [1.54, 1.807) is 30.5 Å². The van der Waals surface area contributed by atoms with Gasteiger partial charge in [-0.25, -0.2) is 8.42 Å². The summed E-state index contributed by atoms with van der Waals surface area (Å²) in [5.74, 6) is 0.851. The lowest BCUT2D eigenvalue weighted by atomic mass is 9.78. The number of piperidine rings is 1. The summed E-state index contributed by atoms with van der Waals surface area (Å²) in [4.78, 5) is 15.1. The van der Waals surface area contributed by atoms with Gasteiger partial charge in [0, 0.05) is 31.2 Å². The van der Waals surface area contributed by atoms with E-state index in [1.165, 1.54) is 0 Å². The molecule has 2 aromatic carbocycles. The Bertz CT molecular complexity index is 1160. The third-order valence-electron chi connectivity index (χ3n) is 7.14. The van der Waals surface area contributed by atoms with Crippen LogP contribution in [0.1, 0.15) is 36.0 Å². The zero-order chi connectivity index (χ0) is 23.8. The van der Waals surface area contributed by atoms with Crippen LogP contribution in [0.3, 0.4) is 0 Å². The van der Waals surface area contributed by atoms with Gasteiger partial charge in [0.25, 0.3) is 0 Å². The average molecular weight is 491 g/mol. The van der Waals surface area contributed by atoms with Crippen LogP contribution in [0.15, 0.2) is 41.3 Å². The molecule has 6 nitrogen and oxygen atoms in total. The number of hydrogen-bond donors (Lipinski definition) is 0. The molecular formula is C25H31ClN2O4S. The molecule has 0 radical (unpaired) electrons. The van der Waals surface area contributed by atoms with Crippen molar-refractivity contribution in [3.63, 3.8) is 0 Å². The Morgan fingerprint density at radius 2 is 1.76 bits per heavy atom. The number of benzene rings is 2. The molecule has 1 amide bonds. The minimum absolute atomic E-state index is 0.0603. The first kappa shape index (κ1) is 24.0. The van der Waals surface area contributed by atoms with E-state index in [4.69, 9.17) is 16.3 Å². The molecule has 2 aliphatic heterocycles. The van der Waals surface area contributed by atoms with Gasteiger partial charge in [-0.3, -0.25) is 4.79 Å². The van der Waals surface area contributed by atoms with Crippen LogP contribution in [0.5, 0.6) is 5.75 Å². The maximum atomic E-state index is 13.4. The van der Waals surface area contributed by atoms with Gasteiger partial charge in [-0.2, -0.15) is 4.31 Å². The lowest BCUT2D eigenvalue weighted by molar-refractivity contribution is -0.132. The zero-order valence-electron chi connectivity index (χ0n) is 19.4.